The van der Waals surface area contributed by atoms with Gasteiger partial charge in [-0.05, 0) is 63.3 Å². The molecule has 1 atom stereocenters. The van der Waals surface area contributed by atoms with E-state index in [0.29, 0.717) is 5.56 Å². The second kappa shape index (κ2) is 9.02. The molecule has 1 unspecified atom stereocenters. The topological polar surface area (TPSA) is 101 Å². The maximum atomic E-state index is 12.5. The quantitative estimate of drug-likeness (QED) is 0.730. The molecule has 0 saturated heterocycles. The third-order valence-electron chi connectivity index (χ3n) is 5.04. The Bertz CT molecular complexity index is 956. The average molecular weight is 401 g/mol. The lowest BCUT2D eigenvalue weighted by molar-refractivity contribution is -0.0366. The van der Waals surface area contributed by atoms with E-state index in [1.54, 1.807) is 20.0 Å². The normalized spacial score (nSPS) is 16.5. The van der Waals surface area contributed by atoms with Gasteiger partial charge in [0.05, 0.1) is 0 Å². The monoisotopic (exact) mass is 401 g/mol. The summed E-state index contributed by atoms with van der Waals surface area (Å²) in [4.78, 5) is 29.9. The SMILES string of the molecule is Cc1ccc(C(=O)N=c2nnn(C(C)OC(=O)OC3CCCCC3)n2C)c(C)c1. The van der Waals surface area contributed by atoms with Crippen LogP contribution in [0.4, 0.5) is 4.79 Å². The van der Waals surface area contributed by atoms with Crippen molar-refractivity contribution < 1.29 is 19.1 Å². The number of hydrogen-bond donors (Lipinski definition) is 0. The Balaban J connectivity index is 1.69. The second-order valence-electron chi connectivity index (χ2n) is 7.41. The molecule has 156 valence electrons. The van der Waals surface area contributed by atoms with Crippen LogP contribution < -0.4 is 5.62 Å². The van der Waals surface area contributed by atoms with Crippen molar-refractivity contribution in [3.8, 4) is 0 Å². The summed E-state index contributed by atoms with van der Waals surface area (Å²) in [6.07, 6.45) is 3.44. The van der Waals surface area contributed by atoms with Gasteiger partial charge in [0.25, 0.3) is 11.5 Å². The molecular weight excluding hydrogens is 374 g/mol. The molecule has 1 aromatic carbocycles. The minimum absolute atomic E-state index is 0.0890. The molecule has 0 aliphatic heterocycles. The number of aryl methyl sites for hydroxylation is 2. The van der Waals surface area contributed by atoms with Crippen molar-refractivity contribution in [3.05, 3.63) is 40.5 Å². The first kappa shape index (κ1) is 20.8. The van der Waals surface area contributed by atoms with Crippen LogP contribution >= 0.6 is 0 Å². The van der Waals surface area contributed by atoms with Crippen LogP contribution in [0.1, 0.15) is 66.7 Å². The maximum absolute atomic E-state index is 12.5. The van der Waals surface area contributed by atoms with Crippen molar-refractivity contribution >= 4 is 12.1 Å². The fourth-order valence-electron chi connectivity index (χ4n) is 3.45. The van der Waals surface area contributed by atoms with Crippen molar-refractivity contribution in [1.82, 2.24) is 19.8 Å². The number of benzene rings is 1. The van der Waals surface area contributed by atoms with Crippen LogP contribution in [-0.2, 0) is 16.5 Å². The Labute approximate surface area is 169 Å². The predicted octanol–water partition coefficient (Wildman–Crippen LogP) is 2.98. The number of hydrogen-bond acceptors (Lipinski definition) is 6. The van der Waals surface area contributed by atoms with Gasteiger partial charge >= 0.3 is 6.16 Å². The Kier molecular flexibility index (Phi) is 6.46. The third-order valence-corrected chi connectivity index (χ3v) is 5.04. The van der Waals surface area contributed by atoms with E-state index in [1.807, 2.05) is 26.0 Å². The zero-order valence-electron chi connectivity index (χ0n) is 17.3. The first-order valence-corrected chi connectivity index (χ1v) is 9.87. The maximum Gasteiger partial charge on any atom is 0.510 e. The van der Waals surface area contributed by atoms with Gasteiger partial charge < -0.3 is 9.47 Å². The lowest BCUT2D eigenvalue weighted by Crippen LogP contribution is -2.28. The van der Waals surface area contributed by atoms with Crippen LogP contribution in [0.15, 0.2) is 23.2 Å². The van der Waals surface area contributed by atoms with Crippen LogP contribution in [-0.4, -0.2) is 38.0 Å². The van der Waals surface area contributed by atoms with Crippen molar-refractivity contribution in [1.29, 1.82) is 0 Å². The van der Waals surface area contributed by atoms with Crippen LogP contribution in [0.3, 0.4) is 0 Å². The summed E-state index contributed by atoms with van der Waals surface area (Å²) in [6, 6.07) is 5.53. The number of aromatic nitrogens is 4. The average Bonchev–Trinajstić information content (AvgIpc) is 3.02. The summed E-state index contributed by atoms with van der Waals surface area (Å²) in [5, 5.41) is 7.88. The van der Waals surface area contributed by atoms with Crippen LogP contribution in [0.2, 0.25) is 0 Å². The number of carbonyl (C=O) groups excluding carboxylic acids is 2. The molecular formula is C20H27N5O4. The molecule has 3 rings (SSSR count). The Morgan fingerprint density at radius 2 is 1.93 bits per heavy atom. The molecule has 0 N–H and O–H groups in total. The number of amides is 1. The van der Waals surface area contributed by atoms with Crippen molar-refractivity contribution in [3.63, 3.8) is 0 Å². The summed E-state index contributed by atoms with van der Waals surface area (Å²) in [6.45, 7) is 5.47. The second-order valence-corrected chi connectivity index (χ2v) is 7.41. The molecule has 0 bridgehead atoms. The highest BCUT2D eigenvalue weighted by Gasteiger charge is 2.22. The van der Waals surface area contributed by atoms with E-state index in [1.165, 1.54) is 15.9 Å². The van der Waals surface area contributed by atoms with Gasteiger partial charge in [0.1, 0.15) is 6.10 Å². The Morgan fingerprint density at radius 1 is 1.21 bits per heavy atom. The third kappa shape index (κ3) is 5.10. The molecule has 9 heteroatoms. The zero-order chi connectivity index (χ0) is 21.0. The predicted molar refractivity (Wildman–Crippen MR) is 104 cm³/mol. The van der Waals surface area contributed by atoms with E-state index < -0.39 is 18.3 Å². The fourth-order valence-corrected chi connectivity index (χ4v) is 3.45. The fraction of sp³-hybridized carbons (Fsp3) is 0.550. The van der Waals surface area contributed by atoms with Gasteiger partial charge in [-0.15, -0.1) is 4.80 Å². The number of carbonyl (C=O) groups is 2. The van der Waals surface area contributed by atoms with Gasteiger partial charge in [-0.3, -0.25) is 4.79 Å². The molecule has 2 aromatic rings. The lowest BCUT2D eigenvalue weighted by Gasteiger charge is -2.22. The first-order valence-electron chi connectivity index (χ1n) is 9.87. The van der Waals surface area contributed by atoms with E-state index in [2.05, 4.69) is 15.3 Å². The van der Waals surface area contributed by atoms with E-state index in [9.17, 15) is 9.59 Å². The minimum atomic E-state index is -0.760. The van der Waals surface area contributed by atoms with Crippen molar-refractivity contribution in [2.75, 3.05) is 0 Å². The van der Waals surface area contributed by atoms with Crippen molar-refractivity contribution in [2.45, 2.75) is 65.2 Å². The molecule has 1 aromatic heterocycles. The molecule has 0 radical (unpaired) electrons. The molecule has 1 saturated carbocycles. The molecule has 1 aliphatic carbocycles. The smallest absolute Gasteiger partial charge is 0.431 e. The van der Waals surface area contributed by atoms with Gasteiger partial charge in [-0.25, -0.2) is 9.48 Å². The molecule has 0 spiro atoms. The van der Waals surface area contributed by atoms with E-state index in [0.717, 1.165) is 36.8 Å². The molecule has 1 heterocycles. The number of ether oxygens (including phenoxy) is 2. The van der Waals surface area contributed by atoms with Crippen LogP contribution in [0.25, 0.3) is 0 Å². The molecule has 9 nitrogen and oxygen atoms in total. The Morgan fingerprint density at radius 3 is 2.62 bits per heavy atom. The van der Waals surface area contributed by atoms with Crippen LogP contribution in [0.5, 0.6) is 0 Å². The molecule has 1 amide bonds. The van der Waals surface area contributed by atoms with Crippen LogP contribution in [0, 0.1) is 13.8 Å². The Hall–Kier alpha value is -2.97. The number of tetrazole rings is 1. The molecule has 29 heavy (non-hydrogen) atoms. The van der Waals surface area contributed by atoms with Crippen molar-refractivity contribution in [2.24, 2.45) is 12.0 Å². The summed E-state index contributed by atoms with van der Waals surface area (Å²) < 4.78 is 12.1. The largest absolute Gasteiger partial charge is 0.510 e. The highest BCUT2D eigenvalue weighted by atomic mass is 16.7. The highest BCUT2D eigenvalue weighted by molar-refractivity contribution is 5.96. The van der Waals surface area contributed by atoms with E-state index in [4.69, 9.17) is 9.47 Å². The van der Waals surface area contributed by atoms with E-state index in [-0.39, 0.29) is 11.7 Å². The standard InChI is InChI=1S/C20H27N5O4/c1-13-10-11-17(14(2)12-13)18(26)21-19-22-23-25(24(19)4)15(3)28-20(27)29-16-8-6-5-7-9-16/h10-12,15-16H,5-9H2,1-4H3. The van der Waals surface area contributed by atoms with E-state index >= 15 is 0 Å². The van der Waals surface area contributed by atoms with Gasteiger partial charge in [-0.1, -0.05) is 29.2 Å². The van der Waals surface area contributed by atoms with Gasteiger partial charge in [-0.2, -0.15) is 4.99 Å². The van der Waals surface area contributed by atoms with Gasteiger partial charge in [0.2, 0.25) is 6.23 Å². The summed E-state index contributed by atoms with van der Waals surface area (Å²) in [5.74, 6) is -0.407. The summed E-state index contributed by atoms with van der Waals surface area (Å²) in [7, 11) is 1.64. The minimum Gasteiger partial charge on any atom is -0.431 e. The van der Waals surface area contributed by atoms with Gasteiger partial charge in [0, 0.05) is 12.6 Å². The summed E-state index contributed by atoms with van der Waals surface area (Å²) in [5.41, 5.74) is 2.54. The molecule has 1 fully saturated rings. The number of rotatable bonds is 4. The lowest BCUT2D eigenvalue weighted by atomic mass is 9.98. The molecule has 1 aliphatic rings. The van der Waals surface area contributed by atoms with Gasteiger partial charge in [0.15, 0.2) is 0 Å². The highest BCUT2D eigenvalue weighted by Crippen LogP contribution is 2.21. The number of nitrogens with zero attached hydrogens (tertiary/aromatic N) is 5. The summed E-state index contributed by atoms with van der Waals surface area (Å²) >= 11 is 0. The zero-order valence-corrected chi connectivity index (χ0v) is 17.3. The first-order chi connectivity index (χ1) is 13.8.